The molecule has 3 aromatic carbocycles. The van der Waals surface area contributed by atoms with Crippen molar-refractivity contribution in [1.29, 1.82) is 0 Å². The van der Waals surface area contributed by atoms with E-state index in [1.165, 1.54) is 41.1 Å². The van der Waals surface area contributed by atoms with Crippen molar-refractivity contribution in [3.63, 3.8) is 0 Å². The molecule has 30 heavy (non-hydrogen) atoms. The Labute approximate surface area is 172 Å². The summed E-state index contributed by atoms with van der Waals surface area (Å²) in [5.41, 5.74) is 3.75. The number of nitrogens with one attached hydrogen (secondary N) is 1. The van der Waals surface area contributed by atoms with Gasteiger partial charge in [0.1, 0.15) is 11.6 Å². The van der Waals surface area contributed by atoms with E-state index in [-0.39, 0.29) is 11.6 Å². The van der Waals surface area contributed by atoms with E-state index in [1.807, 2.05) is 26.0 Å². The summed E-state index contributed by atoms with van der Waals surface area (Å²) in [5.74, 6) is -0.977. The van der Waals surface area contributed by atoms with Gasteiger partial charge < -0.3 is 5.32 Å². The predicted octanol–water partition coefficient (Wildman–Crippen LogP) is 5.08. The summed E-state index contributed by atoms with van der Waals surface area (Å²) in [7, 11) is 0. The van der Waals surface area contributed by atoms with Gasteiger partial charge in [0, 0.05) is 11.3 Å². The van der Waals surface area contributed by atoms with Crippen molar-refractivity contribution in [2.45, 2.75) is 13.8 Å². The number of carbonyl (C=O) groups excluding carboxylic acids is 1. The minimum Gasteiger partial charge on any atom is -0.319 e. The van der Waals surface area contributed by atoms with Crippen molar-refractivity contribution in [2.24, 2.45) is 0 Å². The number of carbonyl (C=O) groups is 1. The van der Waals surface area contributed by atoms with Crippen LogP contribution in [0.1, 0.15) is 21.7 Å². The fraction of sp³-hybridized carbons (Fsp3) is 0.0870. The van der Waals surface area contributed by atoms with E-state index in [4.69, 9.17) is 0 Å². The van der Waals surface area contributed by atoms with Crippen LogP contribution in [-0.2, 0) is 0 Å². The zero-order valence-corrected chi connectivity index (χ0v) is 16.4. The van der Waals surface area contributed by atoms with E-state index in [2.05, 4.69) is 15.4 Å². The number of nitrogens with zero attached hydrogens (tertiary/aromatic N) is 3. The van der Waals surface area contributed by atoms with Gasteiger partial charge in [-0.05, 0) is 79.6 Å². The molecule has 0 radical (unpaired) electrons. The minimum absolute atomic E-state index is 0.0560. The summed E-state index contributed by atoms with van der Waals surface area (Å²) in [6.07, 6.45) is 0. The van der Waals surface area contributed by atoms with Crippen molar-refractivity contribution in [3.05, 3.63) is 95.3 Å². The Bertz CT molecular complexity index is 1150. The number of anilines is 1. The Morgan fingerprint density at radius 2 is 1.53 bits per heavy atom. The number of hydrogen-bond donors (Lipinski definition) is 1. The Balaban J connectivity index is 1.76. The Hall–Kier alpha value is -3.87. The average Bonchev–Trinajstić information content (AvgIpc) is 3.18. The van der Waals surface area contributed by atoms with Crippen molar-refractivity contribution in [1.82, 2.24) is 14.8 Å². The third kappa shape index (κ3) is 3.82. The largest absolute Gasteiger partial charge is 0.319 e. The van der Waals surface area contributed by atoms with Crippen LogP contribution in [0, 0.1) is 25.5 Å². The van der Waals surface area contributed by atoms with Gasteiger partial charge in [0.05, 0.1) is 5.69 Å². The molecule has 1 N–H and O–H groups in total. The predicted molar refractivity (Wildman–Crippen MR) is 111 cm³/mol. The molecule has 150 valence electrons. The quantitative estimate of drug-likeness (QED) is 0.516. The van der Waals surface area contributed by atoms with Crippen molar-refractivity contribution in [3.8, 4) is 17.1 Å². The van der Waals surface area contributed by atoms with E-state index in [0.29, 0.717) is 22.8 Å². The molecular weight excluding hydrogens is 386 g/mol. The summed E-state index contributed by atoms with van der Waals surface area (Å²) in [4.78, 5) is 17.2. The number of halogens is 2. The fourth-order valence-electron chi connectivity index (χ4n) is 3.02. The molecule has 0 aliphatic carbocycles. The number of rotatable bonds is 4. The molecule has 0 aliphatic heterocycles. The van der Waals surface area contributed by atoms with Crippen molar-refractivity contribution < 1.29 is 13.6 Å². The molecule has 5 nitrogen and oxygen atoms in total. The first kappa shape index (κ1) is 19.4. The molecule has 4 aromatic rings. The summed E-state index contributed by atoms with van der Waals surface area (Å²) in [6.45, 7) is 3.87. The number of hydrogen-bond acceptors (Lipinski definition) is 3. The van der Waals surface area contributed by atoms with Crippen molar-refractivity contribution >= 4 is 11.6 Å². The van der Waals surface area contributed by atoms with Gasteiger partial charge in [0.25, 0.3) is 5.91 Å². The first-order valence-electron chi connectivity index (χ1n) is 9.29. The highest BCUT2D eigenvalue weighted by atomic mass is 19.1. The maximum Gasteiger partial charge on any atom is 0.295 e. The van der Waals surface area contributed by atoms with Crippen LogP contribution in [0.4, 0.5) is 14.5 Å². The maximum atomic E-state index is 13.4. The van der Waals surface area contributed by atoms with Crippen LogP contribution < -0.4 is 5.32 Å². The molecule has 0 spiro atoms. The molecule has 0 unspecified atom stereocenters. The number of aryl methyl sites for hydroxylation is 1. The molecule has 1 heterocycles. The molecule has 4 rings (SSSR count). The Morgan fingerprint density at radius 3 is 2.20 bits per heavy atom. The van der Waals surface area contributed by atoms with Crippen LogP contribution in [0.2, 0.25) is 0 Å². The highest BCUT2D eigenvalue weighted by Crippen LogP contribution is 2.23. The molecule has 0 bridgehead atoms. The lowest BCUT2D eigenvalue weighted by Gasteiger charge is -2.08. The van der Waals surface area contributed by atoms with Crippen LogP contribution in [-0.4, -0.2) is 20.7 Å². The molecule has 0 atom stereocenters. The first-order valence-corrected chi connectivity index (χ1v) is 9.29. The summed E-state index contributed by atoms with van der Waals surface area (Å²) >= 11 is 0. The standard InChI is InChI=1S/C23H18F2N4O/c1-14-4-3-5-20(15(14)2)26-23(30)21-27-22(16-6-8-17(24)9-7-16)29(28-21)19-12-10-18(25)11-13-19/h3-13H,1-2H3,(H,26,30). The number of amides is 1. The van der Waals surface area contributed by atoms with Crippen LogP contribution in [0.5, 0.6) is 0 Å². The van der Waals surface area contributed by atoms with E-state index in [1.54, 1.807) is 18.2 Å². The van der Waals surface area contributed by atoms with Crippen LogP contribution in [0.15, 0.2) is 66.7 Å². The zero-order valence-electron chi connectivity index (χ0n) is 16.4. The molecule has 1 aromatic heterocycles. The molecular formula is C23H18F2N4O. The smallest absolute Gasteiger partial charge is 0.295 e. The number of aromatic nitrogens is 3. The van der Waals surface area contributed by atoms with Gasteiger partial charge in [-0.3, -0.25) is 4.79 Å². The SMILES string of the molecule is Cc1cccc(NC(=O)c2nc(-c3ccc(F)cc3)n(-c3ccc(F)cc3)n2)c1C. The Morgan fingerprint density at radius 1 is 0.900 bits per heavy atom. The minimum atomic E-state index is -0.479. The molecule has 0 fully saturated rings. The summed E-state index contributed by atoms with van der Waals surface area (Å²) in [5, 5.41) is 7.17. The van der Waals surface area contributed by atoms with Crippen molar-refractivity contribution in [2.75, 3.05) is 5.32 Å². The van der Waals surface area contributed by atoms with Gasteiger partial charge >= 0.3 is 0 Å². The van der Waals surface area contributed by atoms with E-state index in [9.17, 15) is 13.6 Å². The van der Waals surface area contributed by atoms with E-state index < -0.39 is 11.7 Å². The second-order valence-corrected chi connectivity index (χ2v) is 6.86. The Kier molecular flexibility index (Phi) is 5.10. The van der Waals surface area contributed by atoms with Gasteiger partial charge in [-0.25, -0.2) is 18.4 Å². The van der Waals surface area contributed by atoms with E-state index in [0.717, 1.165) is 11.1 Å². The average molecular weight is 404 g/mol. The lowest BCUT2D eigenvalue weighted by atomic mass is 10.1. The van der Waals surface area contributed by atoms with Gasteiger partial charge in [0.15, 0.2) is 5.82 Å². The maximum absolute atomic E-state index is 13.4. The van der Waals surface area contributed by atoms with Gasteiger partial charge in [-0.2, -0.15) is 0 Å². The highest BCUT2D eigenvalue weighted by molar-refractivity contribution is 6.02. The third-order valence-corrected chi connectivity index (χ3v) is 4.84. The third-order valence-electron chi connectivity index (χ3n) is 4.84. The molecule has 0 aliphatic rings. The van der Waals surface area contributed by atoms with Crippen LogP contribution in [0.25, 0.3) is 17.1 Å². The van der Waals surface area contributed by atoms with Gasteiger partial charge in [0.2, 0.25) is 5.82 Å². The monoisotopic (exact) mass is 404 g/mol. The second kappa shape index (κ2) is 7.87. The van der Waals surface area contributed by atoms with Crippen LogP contribution in [0.3, 0.4) is 0 Å². The lowest BCUT2D eigenvalue weighted by molar-refractivity contribution is 0.101. The topological polar surface area (TPSA) is 59.8 Å². The van der Waals surface area contributed by atoms with Gasteiger partial charge in [-0.15, -0.1) is 5.10 Å². The van der Waals surface area contributed by atoms with E-state index >= 15 is 0 Å². The highest BCUT2D eigenvalue weighted by Gasteiger charge is 2.20. The normalized spacial score (nSPS) is 10.8. The fourth-order valence-corrected chi connectivity index (χ4v) is 3.02. The zero-order chi connectivity index (χ0) is 21.3. The van der Waals surface area contributed by atoms with Gasteiger partial charge in [-0.1, -0.05) is 12.1 Å². The molecule has 7 heteroatoms. The summed E-state index contributed by atoms with van der Waals surface area (Å²) in [6, 6.07) is 17.0. The molecule has 1 amide bonds. The summed E-state index contributed by atoms with van der Waals surface area (Å²) < 4.78 is 28.2. The number of benzene rings is 3. The molecule has 0 saturated carbocycles. The lowest BCUT2D eigenvalue weighted by Crippen LogP contribution is -2.15. The second-order valence-electron chi connectivity index (χ2n) is 6.86. The van der Waals surface area contributed by atoms with Crippen LogP contribution >= 0.6 is 0 Å². The molecule has 0 saturated heterocycles. The first-order chi connectivity index (χ1) is 14.4.